The highest BCUT2D eigenvalue weighted by molar-refractivity contribution is 6.10. The second kappa shape index (κ2) is 5.76. The first kappa shape index (κ1) is 15.9. The van der Waals surface area contributed by atoms with E-state index in [0.29, 0.717) is 12.5 Å². The molecule has 0 fully saturated rings. The van der Waals surface area contributed by atoms with Crippen molar-refractivity contribution in [2.24, 2.45) is 7.05 Å². The van der Waals surface area contributed by atoms with Gasteiger partial charge in [-0.2, -0.15) is 0 Å². The molecule has 2 aromatic carbocycles. The number of carbonyl (C=O) groups is 1. The van der Waals surface area contributed by atoms with Crippen molar-refractivity contribution in [1.29, 1.82) is 0 Å². The predicted octanol–water partition coefficient (Wildman–Crippen LogP) is 5.16. The summed E-state index contributed by atoms with van der Waals surface area (Å²) in [5.74, 6) is 0.600. The summed E-state index contributed by atoms with van der Waals surface area (Å²) in [5, 5.41) is 1.18. The van der Waals surface area contributed by atoms with Gasteiger partial charge in [0.05, 0.1) is 6.54 Å². The van der Waals surface area contributed by atoms with Crippen molar-refractivity contribution < 1.29 is 4.79 Å². The average Bonchev–Trinajstić information content (AvgIpc) is 3.10. The highest BCUT2D eigenvalue weighted by Gasteiger charge is 2.29. The van der Waals surface area contributed by atoms with Crippen molar-refractivity contribution in [3.05, 3.63) is 64.8 Å². The summed E-state index contributed by atoms with van der Waals surface area (Å²) in [7, 11) is 2.07. The molecule has 0 bridgehead atoms. The number of aromatic nitrogens is 1. The fourth-order valence-electron chi connectivity index (χ4n) is 3.71. The Balaban J connectivity index is 1.71. The molecule has 0 saturated carbocycles. The second-order valence-corrected chi connectivity index (χ2v) is 7.21. The number of benzene rings is 2. The van der Waals surface area contributed by atoms with Gasteiger partial charge >= 0.3 is 0 Å². The van der Waals surface area contributed by atoms with Gasteiger partial charge in [0.25, 0.3) is 5.91 Å². The molecule has 1 aliphatic heterocycles. The highest BCUT2D eigenvalue weighted by Crippen LogP contribution is 2.33. The zero-order valence-electron chi connectivity index (χ0n) is 15.3. The van der Waals surface area contributed by atoms with Gasteiger partial charge in [-0.25, -0.2) is 0 Å². The van der Waals surface area contributed by atoms with E-state index in [2.05, 4.69) is 74.9 Å². The number of anilines is 1. The van der Waals surface area contributed by atoms with Crippen LogP contribution in [-0.4, -0.2) is 10.5 Å². The molecular formula is C22H24N2O. The SMILES string of the molecule is CCC(C)c1ccc2c(c1)C(=O)N(c1ccc3c(c1)cc(C)n3C)C2. The van der Waals surface area contributed by atoms with E-state index < -0.39 is 0 Å². The molecule has 1 amide bonds. The van der Waals surface area contributed by atoms with Crippen LogP contribution in [0.15, 0.2) is 42.5 Å². The van der Waals surface area contributed by atoms with Crippen molar-refractivity contribution in [2.75, 3.05) is 4.90 Å². The zero-order chi connectivity index (χ0) is 17.7. The minimum atomic E-state index is 0.118. The lowest BCUT2D eigenvalue weighted by molar-refractivity contribution is 0.0996. The number of hydrogen-bond acceptors (Lipinski definition) is 1. The molecule has 0 spiro atoms. The number of hydrogen-bond donors (Lipinski definition) is 0. The molecule has 3 heteroatoms. The molecule has 4 rings (SSSR count). The van der Waals surface area contributed by atoms with E-state index in [1.165, 1.54) is 22.2 Å². The summed E-state index contributed by atoms with van der Waals surface area (Å²) >= 11 is 0. The van der Waals surface area contributed by atoms with Gasteiger partial charge in [0.1, 0.15) is 0 Å². The van der Waals surface area contributed by atoms with E-state index in [-0.39, 0.29) is 5.91 Å². The van der Waals surface area contributed by atoms with Crippen LogP contribution in [0.1, 0.15) is 53.4 Å². The molecule has 0 radical (unpaired) electrons. The first-order valence-electron chi connectivity index (χ1n) is 9.00. The van der Waals surface area contributed by atoms with Crippen molar-refractivity contribution in [2.45, 2.75) is 39.7 Å². The molecule has 3 aromatic rings. The molecule has 0 saturated heterocycles. The molecule has 0 N–H and O–H groups in total. The third kappa shape index (κ3) is 2.46. The number of fused-ring (bicyclic) bond motifs is 2. The summed E-state index contributed by atoms with van der Waals surface area (Å²) in [5.41, 5.74) is 6.64. The summed E-state index contributed by atoms with van der Waals surface area (Å²) < 4.78 is 2.18. The van der Waals surface area contributed by atoms with Crippen molar-refractivity contribution in [1.82, 2.24) is 4.57 Å². The van der Waals surface area contributed by atoms with Crippen LogP contribution >= 0.6 is 0 Å². The number of carbonyl (C=O) groups excluding carboxylic acids is 1. The third-order valence-corrected chi connectivity index (χ3v) is 5.70. The lowest BCUT2D eigenvalue weighted by Crippen LogP contribution is -2.22. The first-order chi connectivity index (χ1) is 12.0. The normalized spacial score (nSPS) is 15.0. The molecule has 1 atom stereocenters. The Labute approximate surface area is 148 Å². The molecule has 0 aliphatic carbocycles. The fraction of sp³-hybridized carbons (Fsp3) is 0.318. The van der Waals surface area contributed by atoms with Gasteiger partial charge < -0.3 is 9.47 Å². The monoisotopic (exact) mass is 332 g/mol. The Morgan fingerprint density at radius 2 is 1.92 bits per heavy atom. The van der Waals surface area contributed by atoms with Crippen LogP contribution in [-0.2, 0) is 13.6 Å². The predicted molar refractivity (Wildman–Crippen MR) is 103 cm³/mol. The van der Waals surface area contributed by atoms with Crippen LogP contribution in [0, 0.1) is 6.92 Å². The minimum Gasteiger partial charge on any atom is -0.348 e. The summed E-state index contributed by atoms with van der Waals surface area (Å²) in [6, 6.07) is 14.9. The summed E-state index contributed by atoms with van der Waals surface area (Å²) in [4.78, 5) is 14.9. The topological polar surface area (TPSA) is 25.2 Å². The molecule has 2 heterocycles. The highest BCUT2D eigenvalue weighted by atomic mass is 16.2. The van der Waals surface area contributed by atoms with E-state index in [1.54, 1.807) is 0 Å². The van der Waals surface area contributed by atoms with E-state index in [4.69, 9.17) is 0 Å². The minimum absolute atomic E-state index is 0.118. The summed E-state index contributed by atoms with van der Waals surface area (Å²) in [6.07, 6.45) is 1.08. The Bertz CT molecular complexity index is 983. The Hall–Kier alpha value is -2.55. The molecule has 3 nitrogen and oxygen atoms in total. The van der Waals surface area contributed by atoms with E-state index in [0.717, 1.165) is 23.2 Å². The molecular weight excluding hydrogens is 308 g/mol. The van der Waals surface area contributed by atoms with Crippen LogP contribution in [0.3, 0.4) is 0 Å². The van der Waals surface area contributed by atoms with Gasteiger partial charge in [-0.05, 0) is 60.7 Å². The van der Waals surface area contributed by atoms with E-state index in [9.17, 15) is 4.79 Å². The van der Waals surface area contributed by atoms with Gasteiger partial charge in [-0.3, -0.25) is 4.79 Å². The first-order valence-corrected chi connectivity index (χ1v) is 9.00. The van der Waals surface area contributed by atoms with Crippen LogP contribution in [0.2, 0.25) is 0 Å². The molecule has 1 aliphatic rings. The summed E-state index contributed by atoms with van der Waals surface area (Å²) in [6.45, 7) is 7.16. The molecule has 25 heavy (non-hydrogen) atoms. The largest absolute Gasteiger partial charge is 0.348 e. The second-order valence-electron chi connectivity index (χ2n) is 7.21. The number of rotatable bonds is 3. The molecule has 1 unspecified atom stereocenters. The van der Waals surface area contributed by atoms with Crippen LogP contribution < -0.4 is 4.90 Å². The average molecular weight is 332 g/mol. The van der Waals surface area contributed by atoms with E-state index in [1.807, 2.05) is 4.90 Å². The standard InChI is InChI=1S/C22H24N2O/c1-5-14(2)16-6-7-17-13-24(22(25)20(17)12-16)19-8-9-21-18(11-19)10-15(3)23(21)4/h6-12,14H,5,13H2,1-4H3. The van der Waals surface area contributed by atoms with Gasteiger partial charge in [-0.15, -0.1) is 0 Å². The Kier molecular flexibility index (Phi) is 3.68. The lowest BCUT2D eigenvalue weighted by atomic mass is 9.95. The maximum atomic E-state index is 13.0. The Morgan fingerprint density at radius 3 is 2.68 bits per heavy atom. The Morgan fingerprint density at radius 1 is 1.12 bits per heavy atom. The van der Waals surface area contributed by atoms with Crippen LogP contribution in [0.4, 0.5) is 5.69 Å². The molecule has 1 aromatic heterocycles. The van der Waals surface area contributed by atoms with Crippen molar-refractivity contribution in [3.8, 4) is 0 Å². The quantitative estimate of drug-likeness (QED) is 0.650. The van der Waals surface area contributed by atoms with Gasteiger partial charge in [0, 0.05) is 34.9 Å². The third-order valence-electron chi connectivity index (χ3n) is 5.70. The van der Waals surface area contributed by atoms with E-state index >= 15 is 0 Å². The number of nitrogens with zero attached hydrogens (tertiary/aromatic N) is 2. The lowest BCUT2D eigenvalue weighted by Gasteiger charge is -2.16. The van der Waals surface area contributed by atoms with Crippen molar-refractivity contribution >= 4 is 22.5 Å². The van der Waals surface area contributed by atoms with Crippen LogP contribution in [0.5, 0.6) is 0 Å². The van der Waals surface area contributed by atoms with Crippen LogP contribution in [0.25, 0.3) is 10.9 Å². The maximum Gasteiger partial charge on any atom is 0.258 e. The van der Waals surface area contributed by atoms with Gasteiger partial charge in [0.2, 0.25) is 0 Å². The fourth-order valence-corrected chi connectivity index (χ4v) is 3.71. The number of aryl methyl sites for hydroxylation is 2. The zero-order valence-corrected chi connectivity index (χ0v) is 15.3. The maximum absolute atomic E-state index is 13.0. The van der Waals surface area contributed by atoms with Gasteiger partial charge in [0.15, 0.2) is 0 Å². The molecule has 128 valence electrons. The number of amides is 1. The van der Waals surface area contributed by atoms with Gasteiger partial charge in [-0.1, -0.05) is 26.0 Å². The smallest absolute Gasteiger partial charge is 0.258 e. The van der Waals surface area contributed by atoms with Crippen molar-refractivity contribution in [3.63, 3.8) is 0 Å².